The van der Waals surface area contributed by atoms with E-state index in [-0.39, 0.29) is 18.5 Å². The van der Waals surface area contributed by atoms with Crippen molar-refractivity contribution in [2.45, 2.75) is 45.6 Å². The molecule has 1 aromatic carbocycles. The minimum absolute atomic E-state index is 0.0439. The van der Waals surface area contributed by atoms with Gasteiger partial charge in [-0.15, -0.1) is 0 Å². The van der Waals surface area contributed by atoms with Crippen molar-refractivity contribution < 1.29 is 19.4 Å². The van der Waals surface area contributed by atoms with Gasteiger partial charge in [-0.2, -0.15) is 0 Å². The van der Waals surface area contributed by atoms with Crippen molar-refractivity contribution in [1.29, 1.82) is 0 Å². The molecule has 0 radical (unpaired) electrons. The van der Waals surface area contributed by atoms with Crippen molar-refractivity contribution in [2.75, 3.05) is 33.3 Å². The molecule has 1 aliphatic rings. The standard InChI is InChI=1S/C20H30N2O4/c1-15-6-4-8-18(16(15)2)26-13-10-19(23)22-11-5-7-17(9-12-22)21(3)14-20(24)25/h4,6,8,17H,5,7,9-14H2,1-3H3,(H,24,25). The van der Waals surface area contributed by atoms with Crippen LogP contribution in [0.25, 0.3) is 0 Å². The van der Waals surface area contributed by atoms with E-state index < -0.39 is 5.97 Å². The summed E-state index contributed by atoms with van der Waals surface area (Å²) in [4.78, 5) is 27.1. The summed E-state index contributed by atoms with van der Waals surface area (Å²) in [5.74, 6) is 0.133. The Kier molecular flexibility index (Phi) is 7.45. The van der Waals surface area contributed by atoms with E-state index in [1.165, 1.54) is 5.56 Å². The SMILES string of the molecule is Cc1cccc(OCCC(=O)N2CCCC(N(C)CC(=O)O)CC2)c1C. The van der Waals surface area contributed by atoms with Crippen molar-refractivity contribution in [2.24, 2.45) is 0 Å². The highest BCUT2D eigenvalue weighted by Gasteiger charge is 2.23. The Morgan fingerprint density at radius 2 is 2.04 bits per heavy atom. The second-order valence-corrected chi connectivity index (χ2v) is 7.07. The number of hydrogen-bond donors (Lipinski definition) is 1. The first-order valence-corrected chi connectivity index (χ1v) is 9.27. The average molecular weight is 362 g/mol. The van der Waals surface area contributed by atoms with Gasteiger partial charge in [-0.3, -0.25) is 14.5 Å². The van der Waals surface area contributed by atoms with Gasteiger partial charge in [0.1, 0.15) is 5.75 Å². The number of likely N-dealkylation sites (N-methyl/N-ethyl adjacent to an activating group) is 1. The summed E-state index contributed by atoms with van der Waals surface area (Å²) in [6, 6.07) is 6.15. The number of carbonyl (C=O) groups is 2. The van der Waals surface area contributed by atoms with Gasteiger partial charge in [0.15, 0.2) is 0 Å². The zero-order chi connectivity index (χ0) is 19.1. The number of benzene rings is 1. The lowest BCUT2D eigenvalue weighted by Crippen LogP contribution is -2.37. The summed E-state index contributed by atoms with van der Waals surface area (Å²) in [5.41, 5.74) is 2.29. The molecule has 0 bridgehead atoms. The van der Waals surface area contributed by atoms with E-state index >= 15 is 0 Å². The molecule has 1 aliphatic heterocycles. The van der Waals surface area contributed by atoms with Gasteiger partial charge in [0.25, 0.3) is 0 Å². The Bertz CT molecular complexity index is 632. The summed E-state index contributed by atoms with van der Waals surface area (Å²) in [6.45, 7) is 5.90. The molecule has 0 spiro atoms. The van der Waals surface area contributed by atoms with Crippen LogP contribution in [-0.2, 0) is 9.59 Å². The summed E-state index contributed by atoms with van der Waals surface area (Å²) in [5, 5.41) is 8.93. The first-order valence-electron chi connectivity index (χ1n) is 9.27. The third-order valence-electron chi connectivity index (χ3n) is 5.19. The van der Waals surface area contributed by atoms with Crippen LogP contribution in [0.2, 0.25) is 0 Å². The molecule has 1 fully saturated rings. The predicted octanol–water partition coefficient (Wildman–Crippen LogP) is 2.47. The fourth-order valence-corrected chi connectivity index (χ4v) is 3.40. The molecular formula is C20H30N2O4. The second-order valence-electron chi connectivity index (χ2n) is 7.07. The number of carbonyl (C=O) groups excluding carboxylic acids is 1. The molecule has 1 atom stereocenters. The lowest BCUT2D eigenvalue weighted by Gasteiger charge is -2.25. The van der Waals surface area contributed by atoms with Crippen LogP contribution in [0.3, 0.4) is 0 Å². The van der Waals surface area contributed by atoms with Crippen LogP contribution >= 0.6 is 0 Å². The Balaban J connectivity index is 1.79. The highest BCUT2D eigenvalue weighted by Crippen LogP contribution is 2.21. The molecule has 0 saturated carbocycles. The maximum absolute atomic E-state index is 12.5. The normalized spacial score (nSPS) is 17.8. The van der Waals surface area contributed by atoms with E-state index in [0.29, 0.717) is 19.6 Å². The van der Waals surface area contributed by atoms with Gasteiger partial charge in [0.05, 0.1) is 19.6 Å². The van der Waals surface area contributed by atoms with Gasteiger partial charge >= 0.3 is 5.97 Å². The van der Waals surface area contributed by atoms with Gasteiger partial charge in [-0.1, -0.05) is 12.1 Å². The lowest BCUT2D eigenvalue weighted by molar-refractivity contribution is -0.138. The third kappa shape index (κ3) is 5.73. The van der Waals surface area contributed by atoms with Gasteiger partial charge in [0.2, 0.25) is 5.91 Å². The molecular weight excluding hydrogens is 332 g/mol. The molecule has 0 aromatic heterocycles. The number of ether oxygens (including phenoxy) is 1. The van der Waals surface area contributed by atoms with Crippen molar-refractivity contribution in [1.82, 2.24) is 9.80 Å². The van der Waals surface area contributed by atoms with Crippen LogP contribution < -0.4 is 4.74 Å². The predicted molar refractivity (Wildman–Crippen MR) is 101 cm³/mol. The van der Waals surface area contributed by atoms with Gasteiger partial charge in [-0.25, -0.2) is 0 Å². The van der Waals surface area contributed by atoms with Crippen LogP contribution in [0.15, 0.2) is 18.2 Å². The van der Waals surface area contributed by atoms with Crippen LogP contribution in [0.1, 0.15) is 36.8 Å². The quantitative estimate of drug-likeness (QED) is 0.807. The van der Waals surface area contributed by atoms with E-state index in [9.17, 15) is 9.59 Å². The van der Waals surface area contributed by atoms with Crippen LogP contribution in [0, 0.1) is 13.8 Å². The van der Waals surface area contributed by atoms with Crippen molar-refractivity contribution >= 4 is 11.9 Å². The number of rotatable bonds is 7. The van der Waals surface area contributed by atoms with E-state index in [1.807, 2.05) is 48.9 Å². The van der Waals surface area contributed by atoms with Gasteiger partial charge in [0, 0.05) is 19.1 Å². The topological polar surface area (TPSA) is 70.1 Å². The molecule has 0 aliphatic carbocycles. The average Bonchev–Trinajstić information content (AvgIpc) is 2.84. The highest BCUT2D eigenvalue weighted by atomic mass is 16.5. The molecule has 1 amide bonds. The molecule has 1 saturated heterocycles. The largest absolute Gasteiger partial charge is 0.493 e. The molecule has 1 heterocycles. The molecule has 6 nitrogen and oxygen atoms in total. The van der Waals surface area contributed by atoms with Gasteiger partial charge in [-0.05, 0) is 57.4 Å². The fraction of sp³-hybridized carbons (Fsp3) is 0.600. The number of carboxylic acid groups (broad SMARTS) is 1. The number of nitrogens with zero attached hydrogens (tertiary/aromatic N) is 2. The number of amides is 1. The Morgan fingerprint density at radius 3 is 2.77 bits per heavy atom. The van der Waals surface area contributed by atoms with Crippen molar-refractivity contribution in [3.05, 3.63) is 29.3 Å². The Hall–Kier alpha value is -2.08. The zero-order valence-corrected chi connectivity index (χ0v) is 16.0. The Morgan fingerprint density at radius 1 is 1.27 bits per heavy atom. The van der Waals surface area contributed by atoms with Gasteiger partial charge < -0.3 is 14.7 Å². The summed E-state index contributed by atoms with van der Waals surface area (Å²) >= 11 is 0. The number of carboxylic acids is 1. The number of aryl methyl sites for hydroxylation is 1. The molecule has 1 unspecified atom stereocenters. The maximum Gasteiger partial charge on any atom is 0.317 e. The first kappa shape index (κ1) is 20.2. The smallest absolute Gasteiger partial charge is 0.317 e. The van der Waals surface area contributed by atoms with Crippen molar-refractivity contribution in [3.63, 3.8) is 0 Å². The molecule has 1 aromatic rings. The monoisotopic (exact) mass is 362 g/mol. The summed E-state index contributed by atoms with van der Waals surface area (Å²) in [6.07, 6.45) is 3.00. The summed E-state index contributed by atoms with van der Waals surface area (Å²) in [7, 11) is 1.84. The van der Waals surface area contributed by atoms with Crippen molar-refractivity contribution in [3.8, 4) is 5.75 Å². The third-order valence-corrected chi connectivity index (χ3v) is 5.19. The lowest BCUT2D eigenvalue weighted by atomic mass is 10.1. The fourth-order valence-electron chi connectivity index (χ4n) is 3.40. The van der Waals surface area contributed by atoms with Crippen LogP contribution in [0.4, 0.5) is 0 Å². The molecule has 1 N–H and O–H groups in total. The van der Waals surface area contributed by atoms with Crippen LogP contribution in [0.5, 0.6) is 5.75 Å². The van der Waals surface area contributed by atoms with Crippen LogP contribution in [-0.4, -0.2) is 66.1 Å². The van der Waals surface area contributed by atoms with E-state index in [2.05, 4.69) is 0 Å². The number of likely N-dealkylation sites (tertiary alicyclic amines) is 1. The number of hydrogen-bond acceptors (Lipinski definition) is 4. The van der Waals surface area contributed by atoms with E-state index in [1.54, 1.807) is 0 Å². The molecule has 26 heavy (non-hydrogen) atoms. The molecule has 144 valence electrons. The molecule has 2 rings (SSSR count). The first-order chi connectivity index (χ1) is 12.4. The second kappa shape index (κ2) is 9.57. The minimum Gasteiger partial charge on any atom is -0.493 e. The molecule has 6 heteroatoms. The van der Waals surface area contributed by atoms with E-state index in [4.69, 9.17) is 9.84 Å². The zero-order valence-electron chi connectivity index (χ0n) is 16.0. The Labute approximate surface area is 155 Å². The van der Waals surface area contributed by atoms with E-state index in [0.717, 1.165) is 37.1 Å². The minimum atomic E-state index is -0.812. The number of aliphatic carboxylic acids is 1. The maximum atomic E-state index is 12.5. The highest BCUT2D eigenvalue weighted by molar-refractivity contribution is 5.76. The summed E-state index contributed by atoms with van der Waals surface area (Å²) < 4.78 is 5.79.